The van der Waals surface area contributed by atoms with Crippen molar-refractivity contribution in [2.24, 2.45) is 0 Å². The minimum absolute atomic E-state index is 0.200. The van der Waals surface area contributed by atoms with Crippen molar-refractivity contribution >= 4 is 11.5 Å². The van der Waals surface area contributed by atoms with Crippen molar-refractivity contribution in [1.29, 1.82) is 0 Å². The maximum absolute atomic E-state index is 12.5. The topological polar surface area (TPSA) is 29.1 Å². The largest absolute Gasteiger partial charge is 0.385 e. The standard InChI is InChI=1S/C11H14FNO/c1-9(14)3-2-8-13-11-6-4-10(12)5-7-11/h4-7,13H,2-3,8H2,1H3. The lowest BCUT2D eigenvalue weighted by atomic mass is 10.2. The fourth-order valence-electron chi connectivity index (χ4n) is 1.14. The summed E-state index contributed by atoms with van der Waals surface area (Å²) in [6.07, 6.45) is 1.40. The Morgan fingerprint density at radius 2 is 2.00 bits per heavy atom. The van der Waals surface area contributed by atoms with Gasteiger partial charge in [-0.1, -0.05) is 0 Å². The van der Waals surface area contributed by atoms with Gasteiger partial charge in [-0.05, 0) is 37.6 Å². The van der Waals surface area contributed by atoms with E-state index in [0.29, 0.717) is 6.42 Å². The van der Waals surface area contributed by atoms with Gasteiger partial charge in [0.1, 0.15) is 11.6 Å². The molecule has 0 saturated carbocycles. The first kappa shape index (κ1) is 10.7. The van der Waals surface area contributed by atoms with E-state index in [2.05, 4.69) is 5.32 Å². The molecule has 14 heavy (non-hydrogen) atoms. The lowest BCUT2D eigenvalue weighted by Crippen LogP contribution is -2.03. The number of halogens is 1. The smallest absolute Gasteiger partial charge is 0.129 e. The summed E-state index contributed by atoms with van der Waals surface area (Å²) in [5, 5.41) is 3.11. The highest BCUT2D eigenvalue weighted by molar-refractivity contribution is 5.75. The number of hydrogen-bond acceptors (Lipinski definition) is 2. The van der Waals surface area contributed by atoms with Crippen LogP contribution in [0.2, 0.25) is 0 Å². The second kappa shape index (κ2) is 5.37. The Kier molecular flexibility index (Phi) is 4.11. The predicted octanol–water partition coefficient (Wildman–Crippen LogP) is 2.61. The van der Waals surface area contributed by atoms with Crippen molar-refractivity contribution in [1.82, 2.24) is 0 Å². The molecule has 0 aliphatic carbocycles. The molecule has 1 aromatic carbocycles. The molecule has 3 heteroatoms. The second-order valence-corrected chi connectivity index (χ2v) is 3.24. The van der Waals surface area contributed by atoms with Crippen LogP contribution in [-0.2, 0) is 4.79 Å². The molecule has 1 aromatic rings. The zero-order valence-electron chi connectivity index (χ0n) is 8.22. The average molecular weight is 195 g/mol. The Morgan fingerprint density at radius 3 is 2.57 bits per heavy atom. The fourth-order valence-corrected chi connectivity index (χ4v) is 1.14. The van der Waals surface area contributed by atoms with Gasteiger partial charge in [-0.2, -0.15) is 0 Å². The molecule has 0 aromatic heterocycles. The molecule has 0 aliphatic heterocycles. The van der Waals surface area contributed by atoms with Gasteiger partial charge in [0.25, 0.3) is 0 Å². The van der Waals surface area contributed by atoms with Crippen LogP contribution in [0.25, 0.3) is 0 Å². The average Bonchev–Trinajstić information content (AvgIpc) is 2.15. The van der Waals surface area contributed by atoms with Crippen molar-refractivity contribution < 1.29 is 9.18 Å². The monoisotopic (exact) mass is 195 g/mol. The molecule has 0 atom stereocenters. The van der Waals surface area contributed by atoms with E-state index >= 15 is 0 Å². The van der Waals surface area contributed by atoms with E-state index in [1.807, 2.05) is 0 Å². The van der Waals surface area contributed by atoms with Crippen LogP contribution < -0.4 is 5.32 Å². The highest BCUT2D eigenvalue weighted by Gasteiger charge is 1.94. The number of ketones is 1. The summed E-state index contributed by atoms with van der Waals surface area (Å²) in [6.45, 7) is 2.32. The van der Waals surface area contributed by atoms with Crippen LogP contribution in [-0.4, -0.2) is 12.3 Å². The Hall–Kier alpha value is -1.38. The van der Waals surface area contributed by atoms with E-state index in [4.69, 9.17) is 0 Å². The zero-order chi connectivity index (χ0) is 10.4. The molecule has 0 spiro atoms. The van der Waals surface area contributed by atoms with Gasteiger partial charge < -0.3 is 10.1 Å². The van der Waals surface area contributed by atoms with Crippen LogP contribution in [0.3, 0.4) is 0 Å². The summed E-state index contributed by atoms with van der Waals surface area (Å²) in [6, 6.07) is 6.19. The van der Waals surface area contributed by atoms with Crippen LogP contribution >= 0.6 is 0 Å². The van der Waals surface area contributed by atoms with Gasteiger partial charge in [0.15, 0.2) is 0 Å². The highest BCUT2D eigenvalue weighted by atomic mass is 19.1. The second-order valence-electron chi connectivity index (χ2n) is 3.24. The molecule has 1 rings (SSSR count). The van der Waals surface area contributed by atoms with Gasteiger partial charge in [-0.3, -0.25) is 0 Å². The Morgan fingerprint density at radius 1 is 1.36 bits per heavy atom. The molecular weight excluding hydrogens is 181 g/mol. The van der Waals surface area contributed by atoms with Crippen molar-refractivity contribution in [3.05, 3.63) is 30.1 Å². The maximum Gasteiger partial charge on any atom is 0.129 e. The van der Waals surface area contributed by atoms with E-state index in [-0.39, 0.29) is 11.6 Å². The fraction of sp³-hybridized carbons (Fsp3) is 0.364. The Balaban J connectivity index is 2.25. The molecule has 2 nitrogen and oxygen atoms in total. The van der Waals surface area contributed by atoms with Crippen LogP contribution in [0.1, 0.15) is 19.8 Å². The number of rotatable bonds is 5. The number of nitrogens with one attached hydrogen (secondary N) is 1. The molecular formula is C11H14FNO. The first-order valence-electron chi connectivity index (χ1n) is 4.67. The lowest BCUT2D eigenvalue weighted by molar-refractivity contribution is -0.117. The quantitative estimate of drug-likeness (QED) is 0.732. The number of Topliss-reactive ketones (excluding diaryl/α,β-unsaturated/α-hetero) is 1. The lowest BCUT2D eigenvalue weighted by Gasteiger charge is -2.04. The maximum atomic E-state index is 12.5. The van der Waals surface area contributed by atoms with Gasteiger partial charge in [0.05, 0.1) is 0 Å². The molecule has 0 bridgehead atoms. The van der Waals surface area contributed by atoms with Crippen LogP contribution in [0.15, 0.2) is 24.3 Å². The third kappa shape index (κ3) is 4.03. The first-order chi connectivity index (χ1) is 6.68. The van der Waals surface area contributed by atoms with Crippen molar-refractivity contribution in [3.63, 3.8) is 0 Å². The molecule has 0 heterocycles. The van der Waals surface area contributed by atoms with E-state index < -0.39 is 0 Å². The summed E-state index contributed by atoms with van der Waals surface area (Å²) in [5.74, 6) is -0.0369. The van der Waals surface area contributed by atoms with Crippen molar-refractivity contribution in [3.8, 4) is 0 Å². The van der Waals surface area contributed by atoms with E-state index in [0.717, 1.165) is 18.7 Å². The minimum atomic E-state index is -0.237. The summed E-state index contributed by atoms with van der Waals surface area (Å²) >= 11 is 0. The summed E-state index contributed by atoms with van der Waals surface area (Å²) < 4.78 is 12.5. The molecule has 0 amide bonds. The van der Waals surface area contributed by atoms with Crippen molar-refractivity contribution in [2.75, 3.05) is 11.9 Å². The number of carbonyl (C=O) groups is 1. The minimum Gasteiger partial charge on any atom is -0.385 e. The molecule has 0 fully saturated rings. The van der Waals surface area contributed by atoms with Gasteiger partial charge in [-0.25, -0.2) is 4.39 Å². The summed E-state index contributed by atoms with van der Waals surface area (Å²) in [7, 11) is 0. The number of anilines is 1. The highest BCUT2D eigenvalue weighted by Crippen LogP contribution is 2.08. The summed E-state index contributed by atoms with van der Waals surface area (Å²) in [4.78, 5) is 10.6. The molecule has 0 aliphatic rings. The Labute approximate surface area is 83.1 Å². The van der Waals surface area contributed by atoms with E-state index in [9.17, 15) is 9.18 Å². The molecule has 0 saturated heterocycles. The van der Waals surface area contributed by atoms with Crippen LogP contribution in [0.5, 0.6) is 0 Å². The van der Waals surface area contributed by atoms with Gasteiger partial charge in [0, 0.05) is 18.7 Å². The van der Waals surface area contributed by atoms with Crippen LogP contribution in [0, 0.1) is 5.82 Å². The third-order valence-electron chi connectivity index (χ3n) is 1.88. The SMILES string of the molecule is CC(=O)CCCNc1ccc(F)cc1. The van der Waals surface area contributed by atoms with E-state index in [1.54, 1.807) is 19.1 Å². The number of hydrogen-bond donors (Lipinski definition) is 1. The normalized spacial score (nSPS) is 9.86. The summed E-state index contributed by atoms with van der Waals surface area (Å²) in [5.41, 5.74) is 0.884. The molecule has 0 unspecified atom stereocenters. The number of carbonyl (C=O) groups excluding carboxylic acids is 1. The predicted molar refractivity (Wildman–Crippen MR) is 54.8 cm³/mol. The van der Waals surface area contributed by atoms with Gasteiger partial charge in [0.2, 0.25) is 0 Å². The molecule has 0 radical (unpaired) electrons. The Bertz CT molecular complexity index is 295. The third-order valence-corrected chi connectivity index (χ3v) is 1.88. The van der Waals surface area contributed by atoms with Gasteiger partial charge >= 0.3 is 0 Å². The number of benzene rings is 1. The van der Waals surface area contributed by atoms with Crippen LogP contribution in [0.4, 0.5) is 10.1 Å². The molecule has 1 N–H and O–H groups in total. The zero-order valence-corrected chi connectivity index (χ0v) is 8.22. The first-order valence-corrected chi connectivity index (χ1v) is 4.67. The van der Waals surface area contributed by atoms with E-state index in [1.165, 1.54) is 12.1 Å². The van der Waals surface area contributed by atoms with Crippen molar-refractivity contribution in [2.45, 2.75) is 19.8 Å². The van der Waals surface area contributed by atoms with Gasteiger partial charge in [-0.15, -0.1) is 0 Å². The molecule has 76 valence electrons.